The normalized spacial score (nSPS) is 23.6. The second-order valence-electron chi connectivity index (χ2n) is 7.93. The van der Waals surface area contributed by atoms with Crippen LogP contribution in [0.2, 0.25) is 10.0 Å². The van der Waals surface area contributed by atoms with Crippen LogP contribution < -0.4 is 5.32 Å². The van der Waals surface area contributed by atoms with Crippen molar-refractivity contribution in [2.75, 3.05) is 19.6 Å². The summed E-state index contributed by atoms with van der Waals surface area (Å²) in [5.74, 6) is -0.465. The first-order valence-corrected chi connectivity index (χ1v) is 9.57. The largest absolute Gasteiger partial charge is 0.465 e. The first-order valence-electron chi connectivity index (χ1n) is 8.81. The minimum atomic E-state index is -1.00. The van der Waals surface area contributed by atoms with Gasteiger partial charge >= 0.3 is 6.09 Å². The number of carbonyl (C=O) groups excluding carboxylic acids is 1. The molecule has 3 atom stereocenters. The van der Waals surface area contributed by atoms with Crippen LogP contribution in [0, 0.1) is 5.41 Å². The van der Waals surface area contributed by atoms with Gasteiger partial charge in [0.2, 0.25) is 5.91 Å². The topological polar surface area (TPSA) is 78.9 Å². The molecule has 1 aromatic carbocycles. The summed E-state index contributed by atoms with van der Waals surface area (Å²) < 4.78 is 6.35. The number of hydrogen-bond acceptors (Lipinski definition) is 3. The number of hydrogen-bond donors (Lipinski definition) is 2. The van der Waals surface area contributed by atoms with Crippen LogP contribution in [0.5, 0.6) is 0 Å². The fourth-order valence-corrected chi connectivity index (χ4v) is 3.42. The molecule has 1 saturated heterocycles. The van der Waals surface area contributed by atoms with Gasteiger partial charge in [-0.1, -0.05) is 50.0 Å². The van der Waals surface area contributed by atoms with Crippen molar-refractivity contribution in [3.05, 3.63) is 33.8 Å². The number of ether oxygens (including phenoxy) is 1. The molecule has 0 spiro atoms. The molecule has 150 valence electrons. The molecular formula is C19H26Cl2N2O4. The highest BCUT2D eigenvalue weighted by Crippen LogP contribution is 2.35. The zero-order chi connectivity index (χ0) is 20.4. The Bertz CT molecular complexity index is 705. The average molecular weight is 417 g/mol. The molecule has 1 aromatic rings. The number of amides is 2. The van der Waals surface area contributed by atoms with E-state index in [-0.39, 0.29) is 43.0 Å². The maximum atomic E-state index is 11.8. The van der Waals surface area contributed by atoms with E-state index in [1.165, 1.54) is 11.8 Å². The summed E-state index contributed by atoms with van der Waals surface area (Å²) >= 11 is 12.2. The molecule has 2 N–H and O–H groups in total. The molecular weight excluding hydrogens is 391 g/mol. The highest BCUT2D eigenvalue weighted by molar-refractivity contribution is 6.42. The van der Waals surface area contributed by atoms with E-state index in [9.17, 15) is 14.7 Å². The van der Waals surface area contributed by atoms with Gasteiger partial charge in [0.25, 0.3) is 0 Å². The molecule has 2 rings (SSSR count). The lowest BCUT2D eigenvalue weighted by molar-refractivity contribution is -0.120. The van der Waals surface area contributed by atoms with Crippen molar-refractivity contribution in [2.24, 2.45) is 5.41 Å². The predicted octanol–water partition coefficient (Wildman–Crippen LogP) is 4.01. The lowest BCUT2D eigenvalue weighted by Crippen LogP contribution is -2.43. The number of rotatable bonds is 3. The van der Waals surface area contributed by atoms with E-state index in [0.717, 1.165) is 5.56 Å². The summed E-state index contributed by atoms with van der Waals surface area (Å²) in [5, 5.41) is 13.3. The Kier molecular flexibility index (Phi) is 7.00. The number of carboxylic acid groups (broad SMARTS) is 1. The van der Waals surface area contributed by atoms with Gasteiger partial charge in [-0.15, -0.1) is 0 Å². The van der Waals surface area contributed by atoms with E-state index < -0.39 is 12.2 Å². The highest BCUT2D eigenvalue weighted by Gasteiger charge is 2.39. The number of benzene rings is 1. The van der Waals surface area contributed by atoms with Gasteiger partial charge in [-0.25, -0.2) is 4.79 Å². The van der Waals surface area contributed by atoms with Crippen LogP contribution in [-0.4, -0.2) is 53.8 Å². The Hall–Kier alpha value is -1.50. The third-order valence-corrected chi connectivity index (χ3v) is 5.49. The Morgan fingerprint density at radius 1 is 1.26 bits per heavy atom. The van der Waals surface area contributed by atoms with E-state index in [1.54, 1.807) is 12.1 Å². The molecule has 1 aliphatic heterocycles. The van der Waals surface area contributed by atoms with Gasteiger partial charge in [0, 0.05) is 25.9 Å². The van der Waals surface area contributed by atoms with Crippen molar-refractivity contribution in [2.45, 2.75) is 45.8 Å². The van der Waals surface area contributed by atoms with E-state index in [1.807, 2.05) is 26.8 Å². The SMILES string of the molecule is CC(=O)NCC1OC(C(C)(C)C)CN(C(=O)O)CC1c1ccc(Cl)c(Cl)c1. The first kappa shape index (κ1) is 21.8. The Morgan fingerprint density at radius 2 is 1.93 bits per heavy atom. The summed E-state index contributed by atoms with van der Waals surface area (Å²) in [6, 6.07) is 5.24. The van der Waals surface area contributed by atoms with Crippen LogP contribution in [0.15, 0.2) is 18.2 Å². The highest BCUT2D eigenvalue weighted by atomic mass is 35.5. The number of nitrogens with zero attached hydrogens (tertiary/aromatic N) is 1. The van der Waals surface area contributed by atoms with Gasteiger partial charge in [-0.3, -0.25) is 4.79 Å². The van der Waals surface area contributed by atoms with Crippen LogP contribution >= 0.6 is 23.2 Å². The van der Waals surface area contributed by atoms with Crippen LogP contribution in [-0.2, 0) is 9.53 Å². The number of nitrogens with one attached hydrogen (secondary N) is 1. The molecule has 1 fully saturated rings. The fourth-order valence-electron chi connectivity index (χ4n) is 3.11. The van der Waals surface area contributed by atoms with Crippen molar-refractivity contribution < 1.29 is 19.4 Å². The molecule has 0 aromatic heterocycles. The molecule has 1 heterocycles. The zero-order valence-electron chi connectivity index (χ0n) is 16.0. The fraction of sp³-hybridized carbons (Fsp3) is 0.579. The predicted molar refractivity (Wildman–Crippen MR) is 106 cm³/mol. The third-order valence-electron chi connectivity index (χ3n) is 4.75. The maximum Gasteiger partial charge on any atom is 0.407 e. The van der Waals surface area contributed by atoms with Crippen molar-refractivity contribution in [3.8, 4) is 0 Å². The van der Waals surface area contributed by atoms with Crippen LogP contribution in [0.4, 0.5) is 4.79 Å². The second-order valence-corrected chi connectivity index (χ2v) is 8.75. The molecule has 8 heteroatoms. The number of carbonyl (C=O) groups is 2. The van der Waals surface area contributed by atoms with Crippen LogP contribution in [0.3, 0.4) is 0 Å². The average Bonchev–Trinajstić information content (AvgIpc) is 2.75. The van der Waals surface area contributed by atoms with Crippen molar-refractivity contribution in [1.82, 2.24) is 10.2 Å². The van der Waals surface area contributed by atoms with E-state index in [2.05, 4.69) is 5.32 Å². The van der Waals surface area contributed by atoms with Gasteiger partial charge < -0.3 is 20.1 Å². The van der Waals surface area contributed by atoms with Gasteiger partial charge in [0.15, 0.2) is 0 Å². The van der Waals surface area contributed by atoms with Gasteiger partial charge in [-0.2, -0.15) is 0 Å². The Labute approximate surface area is 169 Å². The zero-order valence-corrected chi connectivity index (χ0v) is 17.5. The minimum absolute atomic E-state index is 0.168. The van der Waals surface area contributed by atoms with Crippen LogP contribution in [0.25, 0.3) is 0 Å². The van der Waals surface area contributed by atoms with Crippen molar-refractivity contribution >= 4 is 35.2 Å². The molecule has 27 heavy (non-hydrogen) atoms. The van der Waals surface area contributed by atoms with Gasteiger partial charge in [0.05, 0.1) is 28.8 Å². The van der Waals surface area contributed by atoms with Gasteiger partial charge in [-0.05, 0) is 23.1 Å². The monoisotopic (exact) mass is 416 g/mol. The van der Waals surface area contributed by atoms with Crippen molar-refractivity contribution in [3.63, 3.8) is 0 Å². The Morgan fingerprint density at radius 3 is 2.44 bits per heavy atom. The molecule has 3 unspecified atom stereocenters. The van der Waals surface area contributed by atoms with Crippen LogP contribution in [0.1, 0.15) is 39.2 Å². The molecule has 2 amide bonds. The molecule has 0 radical (unpaired) electrons. The quantitative estimate of drug-likeness (QED) is 0.779. The van der Waals surface area contributed by atoms with E-state index in [4.69, 9.17) is 27.9 Å². The minimum Gasteiger partial charge on any atom is -0.465 e. The van der Waals surface area contributed by atoms with Gasteiger partial charge in [0.1, 0.15) is 0 Å². The molecule has 0 saturated carbocycles. The van der Waals surface area contributed by atoms with E-state index >= 15 is 0 Å². The summed E-state index contributed by atoms with van der Waals surface area (Å²) in [6.07, 6.45) is -1.72. The summed E-state index contributed by atoms with van der Waals surface area (Å²) in [7, 11) is 0. The first-order chi connectivity index (χ1) is 12.5. The summed E-state index contributed by atoms with van der Waals surface area (Å²) in [5.41, 5.74) is 0.551. The lowest BCUT2D eigenvalue weighted by atomic mass is 9.88. The summed E-state index contributed by atoms with van der Waals surface area (Å²) in [6.45, 7) is 8.24. The molecule has 6 nitrogen and oxygen atoms in total. The second kappa shape index (κ2) is 8.67. The van der Waals surface area contributed by atoms with E-state index in [0.29, 0.717) is 10.0 Å². The number of halogens is 2. The third kappa shape index (κ3) is 5.74. The molecule has 0 aliphatic carbocycles. The molecule has 1 aliphatic rings. The summed E-state index contributed by atoms with van der Waals surface area (Å²) in [4.78, 5) is 24.6. The smallest absolute Gasteiger partial charge is 0.407 e. The maximum absolute atomic E-state index is 11.8. The van der Waals surface area contributed by atoms with Crippen molar-refractivity contribution in [1.29, 1.82) is 0 Å². The lowest BCUT2D eigenvalue weighted by Gasteiger charge is -2.34. The standard InChI is InChI=1S/C19H26Cl2N2O4/c1-11(24)22-8-16-13(12-5-6-14(20)15(21)7-12)9-23(18(25)26)10-17(27-16)19(2,3)4/h5-7,13,16-17H,8-10H2,1-4H3,(H,22,24)(H,25,26). The molecule has 0 bridgehead atoms. The Balaban J connectivity index is 2.44.